The topological polar surface area (TPSA) is 73.9 Å². The second kappa shape index (κ2) is 8.42. The molecule has 1 atom stereocenters. The summed E-state index contributed by atoms with van der Waals surface area (Å²) in [4.78, 5) is 28.6. The van der Waals surface area contributed by atoms with Crippen molar-refractivity contribution >= 4 is 17.5 Å². The number of piperazine rings is 1. The summed E-state index contributed by atoms with van der Waals surface area (Å²) >= 11 is 0. The Hall–Kier alpha value is -1.96. The number of nitrogens with one attached hydrogen (secondary N) is 2. The van der Waals surface area contributed by atoms with E-state index in [0.29, 0.717) is 19.6 Å². The van der Waals surface area contributed by atoms with Crippen molar-refractivity contribution in [1.29, 1.82) is 0 Å². The Morgan fingerprint density at radius 2 is 1.92 bits per heavy atom. The van der Waals surface area contributed by atoms with Crippen molar-refractivity contribution in [2.24, 2.45) is 0 Å². The van der Waals surface area contributed by atoms with Crippen LogP contribution in [0.3, 0.4) is 0 Å². The molecule has 2 fully saturated rings. The lowest BCUT2D eigenvalue weighted by Gasteiger charge is -2.32. The number of hydrogen-bond donors (Lipinski definition) is 2. The number of morpholine rings is 1. The third-order valence-corrected chi connectivity index (χ3v) is 4.65. The molecule has 136 valence electrons. The monoisotopic (exact) mass is 346 g/mol. The molecule has 0 saturated carbocycles. The molecule has 0 aliphatic carbocycles. The highest BCUT2D eigenvalue weighted by molar-refractivity contribution is 5.94. The molecule has 2 amide bonds. The first-order chi connectivity index (χ1) is 12.1. The van der Waals surface area contributed by atoms with Crippen LogP contribution >= 0.6 is 0 Å². The fourth-order valence-electron chi connectivity index (χ4n) is 3.00. The Kier molecular flexibility index (Phi) is 6.01. The number of rotatable bonds is 4. The summed E-state index contributed by atoms with van der Waals surface area (Å²) in [6, 6.07) is 7.45. The van der Waals surface area contributed by atoms with Gasteiger partial charge in [0.05, 0.1) is 13.0 Å². The average Bonchev–Trinajstić information content (AvgIpc) is 2.64. The zero-order chi connectivity index (χ0) is 17.6. The van der Waals surface area contributed by atoms with E-state index >= 15 is 0 Å². The Labute approximate surface area is 148 Å². The summed E-state index contributed by atoms with van der Waals surface area (Å²) in [5.74, 6) is 0.0139. The standard InChI is InChI=1S/C18H26N4O3/c1-21-7-9-22(10-8-21)17(23)12-14-2-4-15(5-3-14)20-18(24)16-13-19-6-11-25-16/h2-5,16,19H,6-13H2,1H3,(H,20,24). The number of nitrogens with zero attached hydrogens (tertiary/aromatic N) is 2. The van der Waals surface area contributed by atoms with Gasteiger partial charge in [-0.3, -0.25) is 9.59 Å². The molecule has 2 aliphatic rings. The molecule has 25 heavy (non-hydrogen) atoms. The maximum absolute atomic E-state index is 12.4. The number of ether oxygens (including phenoxy) is 1. The van der Waals surface area contributed by atoms with Crippen molar-refractivity contribution < 1.29 is 14.3 Å². The number of benzene rings is 1. The van der Waals surface area contributed by atoms with E-state index in [1.54, 1.807) is 0 Å². The van der Waals surface area contributed by atoms with Gasteiger partial charge in [0.25, 0.3) is 5.91 Å². The lowest BCUT2D eigenvalue weighted by molar-refractivity contribution is -0.132. The smallest absolute Gasteiger partial charge is 0.254 e. The molecule has 0 aromatic heterocycles. The van der Waals surface area contributed by atoms with Gasteiger partial charge in [-0.2, -0.15) is 0 Å². The van der Waals surface area contributed by atoms with E-state index in [2.05, 4.69) is 22.6 Å². The van der Waals surface area contributed by atoms with E-state index in [0.717, 1.165) is 44.0 Å². The normalized spacial score (nSPS) is 21.8. The van der Waals surface area contributed by atoms with E-state index in [1.165, 1.54) is 0 Å². The van der Waals surface area contributed by atoms with Crippen LogP contribution in [0.5, 0.6) is 0 Å². The predicted molar refractivity (Wildman–Crippen MR) is 95.5 cm³/mol. The molecule has 2 heterocycles. The first kappa shape index (κ1) is 17.8. The lowest BCUT2D eigenvalue weighted by atomic mass is 10.1. The van der Waals surface area contributed by atoms with Crippen molar-refractivity contribution in [2.45, 2.75) is 12.5 Å². The summed E-state index contributed by atoms with van der Waals surface area (Å²) in [6.07, 6.45) is -0.0552. The third kappa shape index (κ3) is 5.01. The number of amides is 2. The zero-order valence-electron chi connectivity index (χ0n) is 14.7. The molecule has 2 saturated heterocycles. The van der Waals surface area contributed by atoms with Crippen LogP contribution in [0.4, 0.5) is 5.69 Å². The number of likely N-dealkylation sites (N-methyl/N-ethyl adjacent to an activating group) is 1. The maximum Gasteiger partial charge on any atom is 0.254 e. The molecule has 1 aromatic rings. The Bertz CT molecular complexity index is 591. The Balaban J connectivity index is 1.49. The highest BCUT2D eigenvalue weighted by atomic mass is 16.5. The van der Waals surface area contributed by atoms with Crippen molar-refractivity contribution in [3.63, 3.8) is 0 Å². The van der Waals surface area contributed by atoms with Gasteiger partial charge in [0.15, 0.2) is 0 Å². The number of anilines is 1. The fraction of sp³-hybridized carbons (Fsp3) is 0.556. The summed E-state index contributed by atoms with van der Waals surface area (Å²) < 4.78 is 5.43. The van der Waals surface area contributed by atoms with Gasteiger partial charge in [-0.15, -0.1) is 0 Å². The van der Waals surface area contributed by atoms with Gasteiger partial charge in [0.2, 0.25) is 5.91 Å². The van der Waals surface area contributed by atoms with Crippen LogP contribution in [0.15, 0.2) is 24.3 Å². The minimum atomic E-state index is -0.452. The van der Waals surface area contributed by atoms with Gasteiger partial charge in [0, 0.05) is 45.0 Å². The molecule has 2 aliphatic heterocycles. The molecule has 7 nitrogen and oxygen atoms in total. The zero-order valence-corrected chi connectivity index (χ0v) is 14.7. The van der Waals surface area contributed by atoms with Gasteiger partial charge < -0.3 is 25.2 Å². The van der Waals surface area contributed by atoms with Crippen molar-refractivity contribution in [3.05, 3.63) is 29.8 Å². The number of hydrogen-bond acceptors (Lipinski definition) is 5. The van der Waals surface area contributed by atoms with Crippen molar-refractivity contribution in [2.75, 3.05) is 58.2 Å². The molecular weight excluding hydrogens is 320 g/mol. The van der Waals surface area contributed by atoms with Crippen molar-refractivity contribution in [1.82, 2.24) is 15.1 Å². The lowest BCUT2D eigenvalue weighted by Crippen LogP contribution is -2.47. The van der Waals surface area contributed by atoms with Gasteiger partial charge in [-0.05, 0) is 24.7 Å². The minimum Gasteiger partial charge on any atom is -0.366 e. The van der Waals surface area contributed by atoms with Crippen LogP contribution in [0, 0.1) is 0 Å². The Morgan fingerprint density at radius 1 is 1.20 bits per heavy atom. The Morgan fingerprint density at radius 3 is 2.56 bits per heavy atom. The van der Waals surface area contributed by atoms with E-state index in [9.17, 15) is 9.59 Å². The molecule has 1 unspecified atom stereocenters. The van der Waals surface area contributed by atoms with E-state index in [-0.39, 0.29) is 11.8 Å². The molecule has 0 spiro atoms. The molecule has 2 N–H and O–H groups in total. The number of carbonyl (C=O) groups is 2. The van der Waals surface area contributed by atoms with Crippen LogP contribution in [0.2, 0.25) is 0 Å². The molecular formula is C18H26N4O3. The highest BCUT2D eigenvalue weighted by Crippen LogP contribution is 2.13. The largest absolute Gasteiger partial charge is 0.366 e. The fourth-order valence-corrected chi connectivity index (χ4v) is 3.00. The summed E-state index contributed by atoms with van der Waals surface area (Å²) in [7, 11) is 2.07. The van der Waals surface area contributed by atoms with Gasteiger partial charge in [0.1, 0.15) is 6.10 Å². The molecule has 7 heteroatoms. The molecule has 1 aromatic carbocycles. The summed E-state index contributed by atoms with van der Waals surface area (Å²) in [6.45, 7) is 5.29. The minimum absolute atomic E-state index is 0.145. The van der Waals surface area contributed by atoms with Gasteiger partial charge >= 0.3 is 0 Å². The summed E-state index contributed by atoms with van der Waals surface area (Å²) in [5, 5.41) is 5.99. The SMILES string of the molecule is CN1CCN(C(=O)Cc2ccc(NC(=O)C3CNCCO3)cc2)CC1. The quantitative estimate of drug-likeness (QED) is 0.798. The van der Waals surface area contributed by atoms with Crippen LogP contribution in [0.25, 0.3) is 0 Å². The van der Waals surface area contributed by atoms with E-state index < -0.39 is 6.10 Å². The third-order valence-electron chi connectivity index (χ3n) is 4.65. The van der Waals surface area contributed by atoms with Crippen LogP contribution in [-0.2, 0) is 20.7 Å². The molecule has 0 bridgehead atoms. The highest BCUT2D eigenvalue weighted by Gasteiger charge is 2.22. The van der Waals surface area contributed by atoms with Gasteiger partial charge in [-0.1, -0.05) is 12.1 Å². The van der Waals surface area contributed by atoms with Crippen LogP contribution in [-0.4, -0.2) is 80.6 Å². The van der Waals surface area contributed by atoms with Crippen molar-refractivity contribution in [3.8, 4) is 0 Å². The number of carbonyl (C=O) groups excluding carboxylic acids is 2. The first-order valence-electron chi connectivity index (χ1n) is 8.80. The van der Waals surface area contributed by atoms with E-state index in [4.69, 9.17) is 4.74 Å². The van der Waals surface area contributed by atoms with Crippen LogP contribution < -0.4 is 10.6 Å². The van der Waals surface area contributed by atoms with Crippen LogP contribution in [0.1, 0.15) is 5.56 Å². The predicted octanol–water partition coefficient (Wildman–Crippen LogP) is -0.0700. The maximum atomic E-state index is 12.4. The van der Waals surface area contributed by atoms with E-state index in [1.807, 2.05) is 29.2 Å². The second-order valence-electron chi connectivity index (χ2n) is 6.61. The average molecular weight is 346 g/mol. The second-order valence-corrected chi connectivity index (χ2v) is 6.61. The molecule has 0 radical (unpaired) electrons. The first-order valence-corrected chi connectivity index (χ1v) is 8.80. The van der Waals surface area contributed by atoms with Gasteiger partial charge in [-0.25, -0.2) is 0 Å². The summed E-state index contributed by atoms with van der Waals surface area (Å²) in [5.41, 5.74) is 1.67. The molecule has 3 rings (SSSR count).